The van der Waals surface area contributed by atoms with Gasteiger partial charge in [-0.15, -0.1) is 0 Å². The van der Waals surface area contributed by atoms with Gasteiger partial charge in [-0.3, -0.25) is 9.59 Å². The number of likely N-dealkylation sites (tertiary alicyclic amines) is 2. The number of carboxylic acid groups (broad SMARTS) is 1. The van der Waals surface area contributed by atoms with Crippen LogP contribution in [0.15, 0.2) is 48.5 Å². The van der Waals surface area contributed by atoms with E-state index in [1.165, 1.54) is 5.56 Å². The van der Waals surface area contributed by atoms with E-state index >= 15 is 0 Å². The number of amides is 1. The van der Waals surface area contributed by atoms with Crippen LogP contribution in [-0.4, -0.2) is 64.5 Å². The molecule has 1 N–H and O–H groups in total. The highest BCUT2D eigenvalue weighted by molar-refractivity contribution is 5.92. The lowest BCUT2D eigenvalue weighted by Crippen LogP contribution is -2.48. The summed E-state index contributed by atoms with van der Waals surface area (Å²) in [6, 6.07) is 15.8. The second kappa shape index (κ2) is 8.56. The van der Waals surface area contributed by atoms with Crippen LogP contribution in [0, 0.1) is 18.3 Å². The molecular weight excluding hydrogens is 378 g/mol. The van der Waals surface area contributed by atoms with Gasteiger partial charge in [-0.25, -0.2) is 4.98 Å². The van der Waals surface area contributed by atoms with Crippen molar-refractivity contribution in [3.05, 3.63) is 65.5 Å². The van der Waals surface area contributed by atoms with Crippen molar-refractivity contribution in [2.45, 2.75) is 26.2 Å². The van der Waals surface area contributed by atoms with Crippen LogP contribution >= 0.6 is 0 Å². The first-order valence-corrected chi connectivity index (χ1v) is 10.7. The molecule has 1 aromatic carbocycles. The fourth-order valence-corrected chi connectivity index (χ4v) is 5.00. The minimum Gasteiger partial charge on any atom is -0.481 e. The number of hydrogen-bond donors (Lipinski definition) is 1. The van der Waals surface area contributed by atoms with Crippen LogP contribution in [0.3, 0.4) is 0 Å². The Bertz CT molecular complexity index is 907. The largest absolute Gasteiger partial charge is 0.481 e. The predicted octanol–water partition coefficient (Wildman–Crippen LogP) is 2.87. The Morgan fingerprint density at radius 1 is 1.10 bits per heavy atom. The molecule has 2 aliphatic rings. The molecule has 6 heteroatoms. The Morgan fingerprint density at radius 2 is 1.83 bits per heavy atom. The number of aromatic nitrogens is 1. The van der Waals surface area contributed by atoms with E-state index in [2.05, 4.69) is 22.0 Å². The summed E-state index contributed by atoms with van der Waals surface area (Å²) >= 11 is 0. The molecule has 0 bridgehead atoms. The molecule has 0 saturated carbocycles. The van der Waals surface area contributed by atoms with Gasteiger partial charge in [0, 0.05) is 43.8 Å². The second-order valence-corrected chi connectivity index (χ2v) is 8.68. The number of aliphatic carboxylic acids is 1. The Kier molecular flexibility index (Phi) is 5.86. The highest BCUT2D eigenvalue weighted by Gasteiger charge is 2.51. The minimum atomic E-state index is -0.711. The monoisotopic (exact) mass is 407 g/mol. The van der Waals surface area contributed by atoms with E-state index in [0.717, 1.165) is 38.0 Å². The summed E-state index contributed by atoms with van der Waals surface area (Å²) in [5.74, 6) is -1.14. The topological polar surface area (TPSA) is 73.7 Å². The van der Waals surface area contributed by atoms with E-state index < -0.39 is 5.97 Å². The van der Waals surface area contributed by atoms with Gasteiger partial charge in [-0.2, -0.15) is 0 Å². The third kappa shape index (κ3) is 4.24. The van der Waals surface area contributed by atoms with Crippen molar-refractivity contribution in [3.8, 4) is 0 Å². The van der Waals surface area contributed by atoms with E-state index in [-0.39, 0.29) is 17.2 Å². The van der Waals surface area contributed by atoms with Gasteiger partial charge in [0.05, 0.1) is 5.92 Å². The molecule has 4 rings (SSSR count). The lowest BCUT2D eigenvalue weighted by Gasteiger charge is -2.41. The molecule has 6 nitrogen and oxygen atoms in total. The third-order valence-electron chi connectivity index (χ3n) is 6.73. The van der Waals surface area contributed by atoms with Gasteiger partial charge in [-0.05, 0) is 43.9 Å². The molecule has 1 unspecified atom stereocenters. The Balaban J connectivity index is 1.40. The van der Waals surface area contributed by atoms with Crippen molar-refractivity contribution >= 4 is 11.9 Å². The molecule has 1 amide bonds. The van der Waals surface area contributed by atoms with E-state index in [0.29, 0.717) is 25.3 Å². The molecule has 1 aromatic heterocycles. The highest BCUT2D eigenvalue weighted by atomic mass is 16.4. The summed E-state index contributed by atoms with van der Waals surface area (Å²) in [4.78, 5) is 33.4. The van der Waals surface area contributed by atoms with Crippen LogP contribution in [-0.2, 0) is 11.2 Å². The number of piperidine rings is 1. The van der Waals surface area contributed by atoms with Gasteiger partial charge in [0.1, 0.15) is 5.69 Å². The lowest BCUT2D eigenvalue weighted by molar-refractivity contribution is -0.145. The Hall–Kier alpha value is -2.73. The average molecular weight is 408 g/mol. The summed E-state index contributed by atoms with van der Waals surface area (Å²) in [6.07, 6.45) is 2.37. The zero-order valence-electron chi connectivity index (χ0n) is 17.5. The maximum absolute atomic E-state index is 12.8. The number of aryl methyl sites for hydroxylation is 1. The maximum atomic E-state index is 12.8. The fraction of sp³-hybridized carbons (Fsp3) is 0.458. The molecule has 158 valence electrons. The molecule has 3 heterocycles. The number of hydrogen-bond acceptors (Lipinski definition) is 4. The average Bonchev–Trinajstić information content (AvgIpc) is 3.11. The molecule has 2 aromatic rings. The summed E-state index contributed by atoms with van der Waals surface area (Å²) in [5.41, 5.74) is 2.32. The first-order valence-electron chi connectivity index (χ1n) is 10.7. The van der Waals surface area contributed by atoms with Crippen LogP contribution < -0.4 is 0 Å². The summed E-state index contributed by atoms with van der Waals surface area (Å²) in [7, 11) is 0. The zero-order chi connectivity index (χ0) is 21.1. The zero-order valence-corrected chi connectivity index (χ0v) is 17.5. The van der Waals surface area contributed by atoms with Crippen molar-refractivity contribution in [1.29, 1.82) is 0 Å². The first-order chi connectivity index (χ1) is 14.5. The molecule has 1 atom stereocenters. The number of benzene rings is 1. The van der Waals surface area contributed by atoms with Crippen LogP contribution in [0.2, 0.25) is 0 Å². The fourth-order valence-electron chi connectivity index (χ4n) is 5.00. The molecule has 30 heavy (non-hydrogen) atoms. The quantitative estimate of drug-likeness (QED) is 0.825. The van der Waals surface area contributed by atoms with Gasteiger partial charge in [0.15, 0.2) is 0 Å². The molecule has 2 fully saturated rings. The number of pyridine rings is 1. The van der Waals surface area contributed by atoms with Crippen molar-refractivity contribution in [2.75, 3.05) is 32.7 Å². The van der Waals surface area contributed by atoms with Crippen LogP contribution in [0.5, 0.6) is 0 Å². The summed E-state index contributed by atoms with van der Waals surface area (Å²) in [5, 5.41) is 9.90. The van der Waals surface area contributed by atoms with Gasteiger partial charge in [-0.1, -0.05) is 36.4 Å². The van der Waals surface area contributed by atoms with Gasteiger partial charge < -0.3 is 14.9 Å². The highest BCUT2D eigenvalue weighted by Crippen LogP contribution is 2.45. The maximum Gasteiger partial charge on any atom is 0.308 e. The SMILES string of the molecule is Cc1cccc(C(=O)N2CCC3(CC2)CN(CCc2ccccc2)CC3C(=O)O)n1. The Labute approximate surface area is 177 Å². The van der Waals surface area contributed by atoms with E-state index in [1.807, 2.05) is 42.2 Å². The second-order valence-electron chi connectivity index (χ2n) is 8.68. The van der Waals surface area contributed by atoms with E-state index in [9.17, 15) is 14.7 Å². The predicted molar refractivity (Wildman–Crippen MR) is 114 cm³/mol. The minimum absolute atomic E-state index is 0.0562. The normalized spacial score (nSPS) is 21.1. The lowest BCUT2D eigenvalue weighted by atomic mass is 9.71. The molecular formula is C24H29N3O3. The number of carbonyl (C=O) groups excluding carboxylic acids is 1. The number of carbonyl (C=O) groups is 2. The van der Waals surface area contributed by atoms with Crippen molar-refractivity contribution in [2.24, 2.45) is 11.3 Å². The number of carboxylic acids is 1. The van der Waals surface area contributed by atoms with Gasteiger partial charge in [0.2, 0.25) is 0 Å². The molecule has 2 saturated heterocycles. The van der Waals surface area contributed by atoms with E-state index in [1.54, 1.807) is 6.07 Å². The molecule has 0 radical (unpaired) electrons. The summed E-state index contributed by atoms with van der Waals surface area (Å²) < 4.78 is 0. The Morgan fingerprint density at radius 3 is 2.50 bits per heavy atom. The number of nitrogens with zero attached hydrogens (tertiary/aromatic N) is 3. The molecule has 2 aliphatic heterocycles. The number of rotatable bonds is 5. The van der Waals surface area contributed by atoms with Crippen molar-refractivity contribution in [3.63, 3.8) is 0 Å². The van der Waals surface area contributed by atoms with E-state index in [4.69, 9.17) is 0 Å². The van der Waals surface area contributed by atoms with Crippen molar-refractivity contribution < 1.29 is 14.7 Å². The van der Waals surface area contributed by atoms with Gasteiger partial charge in [0.25, 0.3) is 5.91 Å². The van der Waals surface area contributed by atoms with Gasteiger partial charge >= 0.3 is 5.97 Å². The van der Waals surface area contributed by atoms with Crippen LogP contribution in [0.25, 0.3) is 0 Å². The van der Waals surface area contributed by atoms with Crippen LogP contribution in [0.1, 0.15) is 34.6 Å². The summed E-state index contributed by atoms with van der Waals surface area (Å²) in [6.45, 7) is 5.31. The molecule has 1 spiro atoms. The van der Waals surface area contributed by atoms with Crippen molar-refractivity contribution in [1.82, 2.24) is 14.8 Å². The van der Waals surface area contributed by atoms with Crippen LogP contribution in [0.4, 0.5) is 0 Å². The molecule has 0 aliphatic carbocycles. The first kappa shape index (κ1) is 20.5. The third-order valence-corrected chi connectivity index (χ3v) is 6.73. The standard InChI is InChI=1S/C24H29N3O3/c1-18-6-5-9-21(25-18)22(28)27-14-11-24(12-15-27)17-26(16-20(24)23(29)30)13-10-19-7-3-2-4-8-19/h2-9,20H,10-17H2,1H3,(H,29,30). The smallest absolute Gasteiger partial charge is 0.308 e.